The molecule has 0 radical (unpaired) electrons. The van der Waals surface area contributed by atoms with Gasteiger partial charge in [-0.15, -0.1) is 0 Å². The van der Waals surface area contributed by atoms with E-state index in [-0.39, 0.29) is 6.17 Å². The maximum Gasteiger partial charge on any atom is 0.187 e. The molecule has 0 aliphatic carbocycles. The van der Waals surface area contributed by atoms with E-state index in [1.807, 2.05) is 0 Å². The van der Waals surface area contributed by atoms with E-state index in [9.17, 15) is 0 Å². The fourth-order valence-electron chi connectivity index (χ4n) is 2.23. The maximum absolute atomic E-state index is 6.23. The van der Waals surface area contributed by atoms with Crippen molar-refractivity contribution in [2.24, 2.45) is 11.5 Å². The van der Waals surface area contributed by atoms with Crippen molar-refractivity contribution in [2.75, 3.05) is 18.9 Å². The van der Waals surface area contributed by atoms with Gasteiger partial charge in [-0.2, -0.15) is 0 Å². The van der Waals surface area contributed by atoms with Gasteiger partial charge in [-0.05, 0) is 26.2 Å². The van der Waals surface area contributed by atoms with Crippen LogP contribution in [0.5, 0.6) is 0 Å². The van der Waals surface area contributed by atoms with Gasteiger partial charge in [0.2, 0.25) is 0 Å². The Hall–Kier alpha value is 0.274. The van der Waals surface area contributed by atoms with Gasteiger partial charge in [0, 0.05) is 18.9 Å². The van der Waals surface area contributed by atoms with Gasteiger partial charge in [-0.3, -0.25) is 4.90 Å². The summed E-state index contributed by atoms with van der Waals surface area (Å²) < 4.78 is 6.23. The Balaban J connectivity index is 2.71. The Kier molecular flexibility index (Phi) is 3.55. The lowest BCUT2D eigenvalue weighted by molar-refractivity contribution is 0.230. The highest BCUT2D eigenvalue weighted by atomic mass is 28.4. The van der Waals surface area contributed by atoms with Crippen molar-refractivity contribution in [2.45, 2.75) is 32.4 Å². The summed E-state index contributed by atoms with van der Waals surface area (Å²) in [5.41, 5.74) is 11.6. The van der Waals surface area contributed by atoms with Gasteiger partial charge in [0.05, 0.1) is 6.17 Å². The maximum atomic E-state index is 6.23. The van der Waals surface area contributed by atoms with Crippen molar-refractivity contribution in [1.82, 2.24) is 4.90 Å². The average molecular weight is 233 g/mol. The highest BCUT2D eigenvalue weighted by Gasteiger charge is 2.42. The van der Waals surface area contributed by atoms with Gasteiger partial charge in [-0.1, -0.05) is 0 Å². The molecule has 0 aromatic rings. The van der Waals surface area contributed by atoms with Gasteiger partial charge in [-0.25, -0.2) is 0 Å². The number of hydrogen-bond donors (Lipinski definition) is 2. The smallest absolute Gasteiger partial charge is 0.187 e. The zero-order valence-electron chi connectivity index (χ0n) is 9.71. The quantitative estimate of drug-likeness (QED) is 0.662. The number of rotatable bonds is 2. The SMILES string of the molecule is C[Si]1(C)CN([C@@H](N)CN)C[Si](C)(C)O1. The first-order chi connectivity index (χ1) is 6.26. The molecule has 84 valence electrons. The molecule has 1 fully saturated rings. The second-order valence-electron chi connectivity index (χ2n) is 5.33. The Morgan fingerprint density at radius 3 is 2.00 bits per heavy atom. The minimum Gasteiger partial charge on any atom is -0.454 e. The minimum absolute atomic E-state index is 0.0115. The predicted octanol–water partition coefficient (Wildman–Crippen LogP) is 0.0507. The lowest BCUT2D eigenvalue weighted by Gasteiger charge is -2.47. The Morgan fingerprint density at radius 1 is 1.21 bits per heavy atom. The fourth-order valence-corrected chi connectivity index (χ4v) is 11.6. The first-order valence-corrected chi connectivity index (χ1v) is 11.4. The van der Waals surface area contributed by atoms with Crippen LogP contribution in [0.1, 0.15) is 0 Å². The average Bonchev–Trinajstić information content (AvgIpc) is 1.97. The van der Waals surface area contributed by atoms with E-state index in [1.165, 1.54) is 0 Å². The van der Waals surface area contributed by atoms with E-state index in [0.29, 0.717) is 6.54 Å². The van der Waals surface area contributed by atoms with Crippen LogP contribution in [0.25, 0.3) is 0 Å². The number of nitrogens with zero attached hydrogens (tertiary/aromatic N) is 1. The first-order valence-electron chi connectivity index (χ1n) is 5.16. The van der Waals surface area contributed by atoms with E-state index in [2.05, 4.69) is 31.1 Å². The van der Waals surface area contributed by atoms with Crippen LogP contribution in [0.15, 0.2) is 0 Å². The largest absolute Gasteiger partial charge is 0.454 e. The molecule has 1 aliphatic rings. The lowest BCUT2D eigenvalue weighted by Crippen LogP contribution is -2.67. The third kappa shape index (κ3) is 3.14. The van der Waals surface area contributed by atoms with Crippen LogP contribution in [0.4, 0.5) is 0 Å². The van der Waals surface area contributed by atoms with E-state index >= 15 is 0 Å². The molecule has 0 spiro atoms. The third-order valence-electron chi connectivity index (χ3n) is 2.43. The number of hydrogen-bond acceptors (Lipinski definition) is 4. The molecule has 0 aromatic carbocycles. The molecule has 6 heteroatoms. The van der Waals surface area contributed by atoms with Crippen LogP contribution >= 0.6 is 0 Å². The van der Waals surface area contributed by atoms with Crippen LogP contribution < -0.4 is 11.5 Å². The summed E-state index contributed by atoms with van der Waals surface area (Å²) in [5, 5.41) is 0. The van der Waals surface area contributed by atoms with Crippen molar-refractivity contribution < 1.29 is 4.12 Å². The van der Waals surface area contributed by atoms with Crippen LogP contribution in [0.3, 0.4) is 0 Å². The summed E-state index contributed by atoms with van der Waals surface area (Å²) in [5.74, 6) is 0. The van der Waals surface area contributed by atoms with Crippen molar-refractivity contribution in [1.29, 1.82) is 0 Å². The summed E-state index contributed by atoms with van der Waals surface area (Å²) in [7, 11) is -3.03. The highest BCUT2D eigenvalue weighted by Crippen LogP contribution is 2.22. The summed E-state index contributed by atoms with van der Waals surface area (Å²) in [6.07, 6.45) is 2.04. The standard InChI is InChI=1S/C8H23N3OSi2/c1-13(2)6-11(8(10)5-9)7-14(3,4)12-13/h8H,5-7,9-10H2,1-4H3/t8-/m1/s1. The van der Waals surface area contributed by atoms with Gasteiger partial charge < -0.3 is 15.6 Å². The van der Waals surface area contributed by atoms with Crippen LogP contribution in [0, 0.1) is 0 Å². The van der Waals surface area contributed by atoms with E-state index in [0.717, 1.165) is 12.3 Å². The van der Waals surface area contributed by atoms with Gasteiger partial charge in [0.1, 0.15) is 0 Å². The molecule has 1 aliphatic heterocycles. The molecular weight excluding hydrogens is 210 g/mol. The first kappa shape index (κ1) is 12.3. The lowest BCUT2D eigenvalue weighted by atomic mass is 10.5. The normalized spacial score (nSPS) is 28.7. The highest BCUT2D eigenvalue weighted by molar-refractivity contribution is 6.86. The summed E-state index contributed by atoms with van der Waals surface area (Å²) >= 11 is 0. The molecule has 1 rings (SSSR count). The van der Waals surface area contributed by atoms with Crippen LogP contribution in [0.2, 0.25) is 26.2 Å². The third-order valence-corrected chi connectivity index (χ3v) is 9.19. The number of nitrogens with two attached hydrogens (primary N) is 2. The second-order valence-corrected chi connectivity index (χ2v) is 13.8. The molecular formula is C8H23N3OSi2. The molecule has 1 atom stereocenters. The zero-order valence-corrected chi connectivity index (χ0v) is 11.7. The summed E-state index contributed by atoms with van der Waals surface area (Å²) in [6, 6.07) is 0. The minimum atomic E-state index is -1.52. The van der Waals surface area contributed by atoms with Crippen molar-refractivity contribution in [3.63, 3.8) is 0 Å². The second kappa shape index (κ2) is 4.03. The van der Waals surface area contributed by atoms with Crippen LogP contribution in [-0.4, -0.2) is 46.6 Å². The monoisotopic (exact) mass is 233 g/mol. The Morgan fingerprint density at radius 2 is 1.64 bits per heavy atom. The molecule has 4 N–H and O–H groups in total. The van der Waals surface area contributed by atoms with E-state index < -0.39 is 16.6 Å². The molecule has 0 aromatic heterocycles. The topological polar surface area (TPSA) is 64.5 Å². The van der Waals surface area contributed by atoms with Gasteiger partial charge in [0.15, 0.2) is 16.6 Å². The van der Waals surface area contributed by atoms with Crippen LogP contribution in [-0.2, 0) is 4.12 Å². The molecule has 0 amide bonds. The Bertz CT molecular complexity index is 195. The van der Waals surface area contributed by atoms with E-state index in [1.54, 1.807) is 0 Å². The Labute approximate surface area is 88.8 Å². The molecule has 1 saturated heterocycles. The summed E-state index contributed by atoms with van der Waals surface area (Å²) in [4.78, 5) is 2.32. The molecule has 0 unspecified atom stereocenters. The molecule has 4 nitrogen and oxygen atoms in total. The van der Waals surface area contributed by atoms with E-state index in [4.69, 9.17) is 15.6 Å². The molecule has 0 saturated carbocycles. The van der Waals surface area contributed by atoms with Gasteiger partial charge in [0.25, 0.3) is 0 Å². The van der Waals surface area contributed by atoms with Crippen molar-refractivity contribution in [3.05, 3.63) is 0 Å². The molecule has 1 heterocycles. The zero-order chi connectivity index (χ0) is 11.0. The van der Waals surface area contributed by atoms with Gasteiger partial charge >= 0.3 is 0 Å². The molecule has 14 heavy (non-hydrogen) atoms. The summed E-state index contributed by atoms with van der Waals surface area (Å²) in [6.45, 7) is 9.58. The predicted molar refractivity (Wildman–Crippen MR) is 64.7 cm³/mol. The fraction of sp³-hybridized carbons (Fsp3) is 1.00. The molecule has 0 bridgehead atoms. The van der Waals surface area contributed by atoms with Crippen molar-refractivity contribution in [3.8, 4) is 0 Å². The van der Waals surface area contributed by atoms with Crippen molar-refractivity contribution >= 4 is 16.6 Å².